The van der Waals surface area contributed by atoms with Crippen LogP contribution in [0.3, 0.4) is 0 Å². The first kappa shape index (κ1) is 33.6. The van der Waals surface area contributed by atoms with Gasteiger partial charge in [0.2, 0.25) is 6.41 Å². The van der Waals surface area contributed by atoms with Gasteiger partial charge >= 0.3 is 17.9 Å². The van der Waals surface area contributed by atoms with E-state index in [0.29, 0.717) is 31.6 Å². The van der Waals surface area contributed by atoms with E-state index in [-0.39, 0.29) is 17.7 Å². The molecule has 2 rings (SSSR count). The van der Waals surface area contributed by atoms with E-state index >= 15 is 0 Å². The van der Waals surface area contributed by atoms with Gasteiger partial charge in [-0.1, -0.05) is 58.9 Å². The molecule has 0 unspecified atom stereocenters. The van der Waals surface area contributed by atoms with E-state index in [1.807, 2.05) is 13.8 Å². The van der Waals surface area contributed by atoms with E-state index in [1.165, 1.54) is 25.1 Å². The van der Waals surface area contributed by atoms with Crippen LogP contribution >= 0.6 is 0 Å². The molecule has 6 atom stereocenters. The Labute approximate surface area is 241 Å². The Bertz CT molecular complexity index is 1060. The second kappa shape index (κ2) is 16.6. The molecule has 0 aliphatic carbocycles. The Kier molecular flexibility index (Phi) is 13.6. The molecule has 1 aromatic rings. The third-order valence-electron chi connectivity index (χ3n) is 7.45. The molecule has 1 aliphatic rings. The van der Waals surface area contributed by atoms with Gasteiger partial charge in [0.05, 0.1) is 17.2 Å². The number of anilines is 1. The van der Waals surface area contributed by atoms with Gasteiger partial charge in [0, 0.05) is 6.42 Å². The molecule has 0 bridgehead atoms. The van der Waals surface area contributed by atoms with Crippen LogP contribution in [0.1, 0.15) is 96.3 Å². The normalized spacial score (nSPS) is 23.6. The lowest BCUT2D eigenvalue weighted by Crippen LogP contribution is -2.50. The van der Waals surface area contributed by atoms with Gasteiger partial charge < -0.3 is 30.0 Å². The van der Waals surface area contributed by atoms with Crippen molar-refractivity contribution in [3.05, 3.63) is 23.8 Å². The number of amides is 2. The summed E-state index contributed by atoms with van der Waals surface area (Å²) in [6, 6.07) is 2.72. The summed E-state index contributed by atoms with van der Waals surface area (Å²) in [5.41, 5.74) is -0.209. The maximum atomic E-state index is 13.4. The summed E-state index contributed by atoms with van der Waals surface area (Å²) in [4.78, 5) is 63.4. The highest BCUT2D eigenvalue weighted by molar-refractivity contribution is 6.01. The number of unbranched alkanes of at least 4 members (excludes halogenated alkanes) is 3. The van der Waals surface area contributed by atoms with Crippen LogP contribution in [0.15, 0.2) is 18.2 Å². The Morgan fingerprint density at radius 1 is 1.07 bits per heavy atom. The van der Waals surface area contributed by atoms with Gasteiger partial charge in [-0.15, -0.1) is 0 Å². The fourth-order valence-corrected chi connectivity index (χ4v) is 4.65. The van der Waals surface area contributed by atoms with Gasteiger partial charge in [-0.25, -0.2) is 4.79 Å². The molecular weight excluding hydrogens is 532 g/mol. The summed E-state index contributed by atoms with van der Waals surface area (Å²) in [5.74, 6) is -3.91. The van der Waals surface area contributed by atoms with Gasteiger partial charge in [0.25, 0.3) is 5.91 Å². The zero-order chi connectivity index (χ0) is 30.5. The zero-order valence-electron chi connectivity index (χ0n) is 24.6. The summed E-state index contributed by atoms with van der Waals surface area (Å²) >= 11 is 0. The molecule has 0 radical (unpaired) electrons. The van der Waals surface area contributed by atoms with Crippen LogP contribution in [0.2, 0.25) is 0 Å². The van der Waals surface area contributed by atoms with E-state index in [1.54, 1.807) is 6.92 Å². The smallest absolute Gasteiger partial charge is 0.332 e. The number of rotatable bonds is 14. The molecule has 0 saturated carbocycles. The van der Waals surface area contributed by atoms with Crippen LogP contribution in [-0.4, -0.2) is 59.7 Å². The molecule has 1 aromatic carbocycles. The van der Waals surface area contributed by atoms with Crippen molar-refractivity contribution in [3.8, 4) is 5.75 Å². The first-order valence-corrected chi connectivity index (χ1v) is 14.5. The summed E-state index contributed by atoms with van der Waals surface area (Å²) in [7, 11) is 0. The van der Waals surface area contributed by atoms with Crippen LogP contribution in [0.4, 0.5) is 5.69 Å². The lowest BCUT2D eigenvalue weighted by molar-refractivity contribution is -0.175. The van der Waals surface area contributed by atoms with E-state index < -0.39 is 59.8 Å². The number of nitrogens with one attached hydrogen (secondary N) is 2. The fraction of sp³-hybridized carbons (Fsp3) is 0.633. The van der Waals surface area contributed by atoms with Crippen molar-refractivity contribution in [1.82, 2.24) is 5.32 Å². The van der Waals surface area contributed by atoms with Crippen LogP contribution in [0.25, 0.3) is 0 Å². The highest BCUT2D eigenvalue weighted by Crippen LogP contribution is 2.29. The first-order valence-electron chi connectivity index (χ1n) is 14.5. The zero-order valence-corrected chi connectivity index (χ0v) is 24.6. The third kappa shape index (κ3) is 9.75. The summed E-state index contributed by atoms with van der Waals surface area (Å²) in [6.45, 7) is 9.14. The molecular formula is C30H44N2O9. The predicted octanol–water partition coefficient (Wildman–Crippen LogP) is 4.26. The second-order valence-electron chi connectivity index (χ2n) is 10.7. The standard InChI is InChI=1S/C30H44N2O9/c1-6-8-9-10-12-22-27(41-24(34)16-15-18(3)7-2)20(5)40-30(38)25(19(4)39-29(22)37)32-28(36)21-13-11-14-23(26(21)35)31-17-33/h11,13-14,17-20,22,25,27,35H,6-10,12,15-16H2,1-5H3,(H,31,33)(H,32,36)/t18-,19-,20+,22-,25+,27+/m1/s1. The number of para-hydroxylation sites is 1. The van der Waals surface area contributed by atoms with Gasteiger partial charge in [0.15, 0.2) is 17.9 Å². The number of phenols is 1. The summed E-state index contributed by atoms with van der Waals surface area (Å²) in [6.07, 6.45) is 2.77. The molecule has 11 nitrogen and oxygen atoms in total. The number of benzene rings is 1. The Morgan fingerprint density at radius 3 is 2.44 bits per heavy atom. The highest BCUT2D eigenvalue weighted by Gasteiger charge is 2.43. The molecule has 41 heavy (non-hydrogen) atoms. The second-order valence-corrected chi connectivity index (χ2v) is 10.7. The number of aromatic hydroxyl groups is 1. The highest BCUT2D eigenvalue weighted by atomic mass is 16.6. The SMILES string of the molecule is CCCCCC[C@H]1C(=O)O[C@H](C)[C@H](NC(=O)c2cccc(NC=O)c2O)C(=O)O[C@@H](C)[C@@H]1OC(=O)CC[C@H](C)CC. The van der Waals surface area contributed by atoms with E-state index in [2.05, 4.69) is 17.6 Å². The van der Waals surface area contributed by atoms with Crippen molar-refractivity contribution in [2.24, 2.45) is 11.8 Å². The molecule has 1 fully saturated rings. The van der Waals surface area contributed by atoms with Crippen molar-refractivity contribution in [2.45, 2.75) is 110 Å². The molecule has 0 spiro atoms. The van der Waals surface area contributed by atoms with Crippen molar-refractivity contribution >= 4 is 35.9 Å². The van der Waals surface area contributed by atoms with Gasteiger partial charge in [-0.2, -0.15) is 0 Å². The number of cyclic esters (lactones) is 2. The minimum Gasteiger partial charge on any atom is -0.505 e. The number of ether oxygens (including phenoxy) is 3. The fourth-order valence-electron chi connectivity index (χ4n) is 4.65. The lowest BCUT2D eigenvalue weighted by Gasteiger charge is -2.29. The first-order chi connectivity index (χ1) is 19.5. The number of phenolic OH excluding ortho intramolecular Hbond substituents is 1. The number of hydrogen-bond donors (Lipinski definition) is 3. The van der Waals surface area contributed by atoms with Crippen molar-refractivity contribution in [3.63, 3.8) is 0 Å². The molecule has 2 amide bonds. The largest absolute Gasteiger partial charge is 0.505 e. The third-order valence-corrected chi connectivity index (χ3v) is 7.45. The Balaban J connectivity index is 2.31. The maximum absolute atomic E-state index is 13.4. The monoisotopic (exact) mass is 576 g/mol. The predicted molar refractivity (Wildman–Crippen MR) is 151 cm³/mol. The molecule has 11 heteroatoms. The molecule has 0 aromatic heterocycles. The van der Waals surface area contributed by atoms with Crippen molar-refractivity contribution < 1.29 is 43.3 Å². The average molecular weight is 577 g/mol. The molecule has 1 aliphatic heterocycles. The van der Waals surface area contributed by atoms with Crippen LogP contribution in [0, 0.1) is 11.8 Å². The number of carbonyl (C=O) groups is 5. The maximum Gasteiger partial charge on any atom is 0.332 e. The van der Waals surface area contributed by atoms with Gasteiger partial charge in [-0.3, -0.25) is 19.2 Å². The topological polar surface area (TPSA) is 157 Å². The van der Waals surface area contributed by atoms with E-state index in [0.717, 1.165) is 25.7 Å². The van der Waals surface area contributed by atoms with Crippen LogP contribution in [-0.2, 0) is 33.4 Å². The van der Waals surface area contributed by atoms with Gasteiger partial charge in [-0.05, 0) is 44.7 Å². The van der Waals surface area contributed by atoms with Crippen LogP contribution in [0.5, 0.6) is 5.75 Å². The molecule has 1 heterocycles. The minimum atomic E-state index is -1.42. The number of esters is 3. The quantitative estimate of drug-likeness (QED) is 0.0967. The molecule has 3 N–H and O–H groups in total. The average Bonchev–Trinajstić information content (AvgIpc) is 2.96. The van der Waals surface area contributed by atoms with Crippen LogP contribution < -0.4 is 10.6 Å². The molecule has 228 valence electrons. The summed E-state index contributed by atoms with van der Waals surface area (Å²) < 4.78 is 17.1. The van der Waals surface area contributed by atoms with E-state index in [9.17, 15) is 29.1 Å². The minimum absolute atomic E-state index is 0.00157. The Morgan fingerprint density at radius 2 is 1.78 bits per heavy atom. The number of hydrogen-bond acceptors (Lipinski definition) is 9. The van der Waals surface area contributed by atoms with Crippen molar-refractivity contribution in [1.29, 1.82) is 0 Å². The lowest BCUT2D eigenvalue weighted by atomic mass is 9.92. The number of carbonyl (C=O) groups excluding carboxylic acids is 5. The van der Waals surface area contributed by atoms with Crippen molar-refractivity contribution in [2.75, 3.05) is 5.32 Å². The molecule has 1 saturated heterocycles. The Hall–Kier alpha value is -3.63. The summed E-state index contributed by atoms with van der Waals surface area (Å²) in [5, 5.41) is 15.2. The van der Waals surface area contributed by atoms with E-state index in [4.69, 9.17) is 14.2 Å². The van der Waals surface area contributed by atoms with Gasteiger partial charge in [0.1, 0.15) is 12.2 Å².